The zero-order chi connectivity index (χ0) is 17.9. The number of fused-ring (bicyclic) bond motifs is 1. The highest BCUT2D eigenvalue weighted by molar-refractivity contribution is 5.80. The highest BCUT2D eigenvalue weighted by Gasteiger charge is 2.24. The van der Waals surface area contributed by atoms with Crippen molar-refractivity contribution in [1.29, 1.82) is 0 Å². The predicted octanol–water partition coefficient (Wildman–Crippen LogP) is 3.25. The zero-order valence-electron chi connectivity index (χ0n) is 14.2. The summed E-state index contributed by atoms with van der Waals surface area (Å²) in [7, 11) is 0. The second kappa shape index (κ2) is 6.88. The first-order chi connectivity index (χ1) is 12.7. The van der Waals surface area contributed by atoms with Crippen molar-refractivity contribution in [3.05, 3.63) is 104 Å². The topological polar surface area (TPSA) is 77.8 Å². The molecule has 2 aromatic carbocycles. The molecule has 3 N–H and O–H groups in total. The number of H-pyrrole nitrogens is 2. The Hall–Kier alpha value is -3.34. The normalized spacial score (nSPS) is 15.7. The van der Waals surface area contributed by atoms with E-state index in [9.17, 15) is 9.59 Å². The monoisotopic (exact) mass is 345 g/mol. The average Bonchev–Trinajstić information content (AvgIpc) is 2.67. The van der Waals surface area contributed by atoms with Gasteiger partial charge < -0.3 is 5.32 Å². The van der Waals surface area contributed by atoms with Gasteiger partial charge in [-0.15, -0.1) is 0 Å². The first kappa shape index (κ1) is 16.1. The number of aromatic amines is 2. The number of allylic oxidation sites excluding steroid dienone is 1. The van der Waals surface area contributed by atoms with Crippen LogP contribution in [0, 0.1) is 0 Å². The largest absolute Gasteiger partial charge is 0.341 e. The molecule has 5 nitrogen and oxygen atoms in total. The molecule has 0 saturated carbocycles. The Morgan fingerprint density at radius 3 is 2.27 bits per heavy atom. The quantitative estimate of drug-likeness (QED) is 0.679. The van der Waals surface area contributed by atoms with Crippen molar-refractivity contribution in [2.45, 2.75) is 18.8 Å². The number of rotatable bonds is 4. The van der Waals surface area contributed by atoms with Crippen LogP contribution in [0.15, 0.2) is 76.3 Å². The molecule has 0 radical (unpaired) electrons. The van der Waals surface area contributed by atoms with Crippen LogP contribution in [-0.2, 0) is 6.42 Å². The average molecular weight is 345 g/mol. The minimum Gasteiger partial charge on any atom is -0.341 e. The second-order valence-electron chi connectivity index (χ2n) is 6.40. The Balaban J connectivity index is 1.73. The van der Waals surface area contributed by atoms with Gasteiger partial charge in [0.25, 0.3) is 5.56 Å². The van der Waals surface area contributed by atoms with Gasteiger partial charge in [0.1, 0.15) is 5.82 Å². The lowest BCUT2D eigenvalue weighted by Gasteiger charge is -2.25. The molecule has 0 amide bonds. The number of hydrogen-bond acceptors (Lipinski definition) is 3. The summed E-state index contributed by atoms with van der Waals surface area (Å²) < 4.78 is 0. The van der Waals surface area contributed by atoms with Crippen LogP contribution in [0.5, 0.6) is 0 Å². The summed E-state index contributed by atoms with van der Waals surface area (Å²) in [6.07, 6.45) is 3.71. The zero-order valence-corrected chi connectivity index (χ0v) is 14.2. The van der Waals surface area contributed by atoms with E-state index in [1.54, 1.807) is 0 Å². The van der Waals surface area contributed by atoms with Gasteiger partial charge in [-0.05, 0) is 24.0 Å². The van der Waals surface area contributed by atoms with Gasteiger partial charge in [0, 0.05) is 11.6 Å². The van der Waals surface area contributed by atoms with Crippen molar-refractivity contribution in [1.82, 2.24) is 9.97 Å². The maximum atomic E-state index is 12.4. The van der Waals surface area contributed by atoms with Crippen LogP contribution < -0.4 is 16.6 Å². The third-order valence-corrected chi connectivity index (χ3v) is 4.65. The molecule has 130 valence electrons. The van der Waals surface area contributed by atoms with E-state index in [0.29, 0.717) is 11.4 Å². The maximum absolute atomic E-state index is 12.4. The molecule has 1 aliphatic rings. The molecular weight excluding hydrogens is 326 g/mol. The molecule has 0 fully saturated rings. The van der Waals surface area contributed by atoms with Gasteiger partial charge in [0.2, 0.25) is 0 Å². The molecule has 0 bridgehead atoms. The molecule has 1 aromatic heterocycles. The summed E-state index contributed by atoms with van der Waals surface area (Å²) in [4.78, 5) is 29.2. The number of nitrogens with one attached hydrogen (secondary N) is 3. The minimum atomic E-state index is -0.502. The number of hydrogen-bond donors (Lipinski definition) is 3. The molecule has 4 rings (SSSR count). The van der Waals surface area contributed by atoms with Crippen LogP contribution in [0.1, 0.15) is 29.0 Å². The molecule has 0 spiro atoms. The summed E-state index contributed by atoms with van der Waals surface area (Å²) in [6, 6.07) is 20.1. The molecule has 1 atom stereocenters. The first-order valence-electron chi connectivity index (χ1n) is 8.65. The van der Waals surface area contributed by atoms with Gasteiger partial charge in [-0.1, -0.05) is 66.7 Å². The molecule has 3 aromatic rings. The van der Waals surface area contributed by atoms with Crippen LogP contribution in [-0.4, -0.2) is 9.97 Å². The van der Waals surface area contributed by atoms with Gasteiger partial charge in [-0.3, -0.25) is 14.8 Å². The van der Waals surface area contributed by atoms with Crippen LogP contribution >= 0.6 is 0 Å². The standard InChI is InChI=1S/C21H19N3O2/c25-20-18-16(12-11-14-7-3-1-4-8-14)13-17(15-9-5-2-6-10-15)22-19(18)23-21(26)24-20/h1-10,13,16H,11-12H2,(H3,22,23,24,25,26). The lowest BCUT2D eigenvalue weighted by Crippen LogP contribution is -2.31. The summed E-state index contributed by atoms with van der Waals surface area (Å²) >= 11 is 0. The van der Waals surface area contributed by atoms with Gasteiger partial charge in [0.05, 0.1) is 5.56 Å². The van der Waals surface area contributed by atoms with Crippen molar-refractivity contribution < 1.29 is 0 Å². The fourth-order valence-corrected chi connectivity index (χ4v) is 3.39. The summed E-state index contributed by atoms with van der Waals surface area (Å²) in [5, 5.41) is 3.21. The second-order valence-corrected chi connectivity index (χ2v) is 6.40. The molecule has 0 saturated heterocycles. The summed E-state index contributed by atoms with van der Waals surface area (Å²) in [6.45, 7) is 0. The predicted molar refractivity (Wildman–Crippen MR) is 103 cm³/mol. The van der Waals surface area contributed by atoms with E-state index in [1.165, 1.54) is 5.56 Å². The molecular formula is C21H19N3O2. The molecule has 2 heterocycles. The van der Waals surface area contributed by atoms with Gasteiger partial charge >= 0.3 is 5.69 Å². The fraction of sp³-hybridized carbons (Fsp3) is 0.143. The highest BCUT2D eigenvalue weighted by Crippen LogP contribution is 2.34. The molecule has 1 unspecified atom stereocenters. The van der Waals surface area contributed by atoms with E-state index < -0.39 is 5.69 Å². The Kier molecular flexibility index (Phi) is 4.27. The van der Waals surface area contributed by atoms with Crippen LogP contribution in [0.4, 0.5) is 5.82 Å². The van der Waals surface area contributed by atoms with Crippen molar-refractivity contribution >= 4 is 11.5 Å². The molecule has 26 heavy (non-hydrogen) atoms. The summed E-state index contributed by atoms with van der Waals surface area (Å²) in [5.74, 6) is 0.403. The highest BCUT2D eigenvalue weighted by atomic mass is 16.2. The van der Waals surface area contributed by atoms with Crippen molar-refractivity contribution in [3.8, 4) is 0 Å². The van der Waals surface area contributed by atoms with E-state index in [-0.39, 0.29) is 11.5 Å². The Morgan fingerprint density at radius 2 is 1.54 bits per heavy atom. The third-order valence-electron chi connectivity index (χ3n) is 4.65. The molecule has 1 aliphatic heterocycles. The van der Waals surface area contributed by atoms with Crippen LogP contribution in [0.25, 0.3) is 5.70 Å². The van der Waals surface area contributed by atoms with E-state index in [2.05, 4.69) is 33.5 Å². The smallest absolute Gasteiger partial charge is 0.327 e. The third kappa shape index (κ3) is 3.24. The van der Waals surface area contributed by atoms with E-state index in [4.69, 9.17) is 0 Å². The number of anilines is 1. The van der Waals surface area contributed by atoms with Crippen molar-refractivity contribution in [2.24, 2.45) is 0 Å². The molecule has 0 aliphatic carbocycles. The fourth-order valence-electron chi connectivity index (χ4n) is 3.39. The Bertz CT molecular complexity index is 1050. The SMILES string of the molecule is O=c1[nH]c2c(c(=O)[nH]1)C(CCc1ccccc1)C=C(c1ccccc1)N2. The number of aryl methyl sites for hydroxylation is 1. The maximum Gasteiger partial charge on any atom is 0.327 e. The van der Waals surface area contributed by atoms with Gasteiger partial charge in [-0.25, -0.2) is 4.79 Å². The van der Waals surface area contributed by atoms with Crippen LogP contribution in [0.2, 0.25) is 0 Å². The lowest BCUT2D eigenvalue weighted by molar-refractivity contribution is 0.717. The van der Waals surface area contributed by atoms with E-state index in [1.807, 2.05) is 48.5 Å². The number of benzene rings is 2. The number of aromatic nitrogens is 2. The first-order valence-corrected chi connectivity index (χ1v) is 8.65. The Morgan fingerprint density at radius 1 is 0.846 bits per heavy atom. The Labute approximate surface area is 150 Å². The van der Waals surface area contributed by atoms with Gasteiger partial charge in [0.15, 0.2) is 0 Å². The van der Waals surface area contributed by atoms with Crippen LogP contribution in [0.3, 0.4) is 0 Å². The minimum absolute atomic E-state index is 0.0812. The molecule has 5 heteroatoms. The van der Waals surface area contributed by atoms with Crippen molar-refractivity contribution in [2.75, 3.05) is 5.32 Å². The van der Waals surface area contributed by atoms with Gasteiger partial charge in [-0.2, -0.15) is 0 Å². The van der Waals surface area contributed by atoms with E-state index in [0.717, 1.165) is 24.1 Å². The summed E-state index contributed by atoms with van der Waals surface area (Å²) in [5.41, 5.74) is 2.89. The lowest BCUT2D eigenvalue weighted by atomic mass is 9.89. The van der Waals surface area contributed by atoms with Crippen molar-refractivity contribution in [3.63, 3.8) is 0 Å². The van der Waals surface area contributed by atoms with E-state index >= 15 is 0 Å².